The summed E-state index contributed by atoms with van der Waals surface area (Å²) in [7, 11) is 0. The number of nitrogens with zero attached hydrogens (tertiary/aromatic N) is 1. The Labute approximate surface area is 108 Å². The topological polar surface area (TPSA) is 51.2 Å². The fourth-order valence-corrected chi connectivity index (χ4v) is 1.44. The van der Waals surface area contributed by atoms with Gasteiger partial charge in [-0.25, -0.2) is 0 Å². The fraction of sp³-hybridized carbons (Fsp3) is 0.429. The minimum atomic E-state index is -0.119. The van der Waals surface area contributed by atoms with Crippen LogP contribution in [0.3, 0.4) is 0 Å². The first-order chi connectivity index (χ1) is 8.83. The lowest BCUT2D eigenvalue weighted by Crippen LogP contribution is -2.22. The van der Waals surface area contributed by atoms with Gasteiger partial charge in [0.05, 0.1) is 6.61 Å². The van der Waals surface area contributed by atoms with Gasteiger partial charge in [-0.3, -0.25) is 9.78 Å². The van der Waals surface area contributed by atoms with Crippen LogP contribution >= 0.6 is 0 Å². The van der Waals surface area contributed by atoms with Gasteiger partial charge in [0.1, 0.15) is 0 Å². The van der Waals surface area contributed by atoms with Gasteiger partial charge in [-0.05, 0) is 31.1 Å². The summed E-state index contributed by atoms with van der Waals surface area (Å²) < 4.78 is 5.50. The Morgan fingerprint density at radius 3 is 3.00 bits per heavy atom. The van der Waals surface area contributed by atoms with Crippen molar-refractivity contribution in [3.8, 4) is 0 Å². The quantitative estimate of drug-likeness (QED) is 0.535. The molecule has 0 aliphatic carbocycles. The molecule has 0 saturated carbocycles. The summed E-state index contributed by atoms with van der Waals surface area (Å²) in [6.07, 6.45) is 5.78. The van der Waals surface area contributed by atoms with Crippen LogP contribution < -0.4 is 5.32 Å². The first kappa shape index (κ1) is 14.4. The molecular formula is C14H20N2O2. The highest BCUT2D eigenvalue weighted by Gasteiger charge is 1.95. The lowest BCUT2D eigenvalue weighted by Gasteiger charge is -2.04. The molecule has 0 unspecified atom stereocenters. The van der Waals surface area contributed by atoms with Crippen molar-refractivity contribution in [3.05, 3.63) is 42.7 Å². The number of hydrogen-bond acceptors (Lipinski definition) is 3. The van der Waals surface area contributed by atoms with E-state index >= 15 is 0 Å². The maximum atomic E-state index is 10.8. The molecule has 0 aliphatic heterocycles. The van der Waals surface area contributed by atoms with Crippen LogP contribution in [-0.4, -0.2) is 30.6 Å². The number of amides is 1. The normalized spacial score (nSPS) is 10.0. The summed E-state index contributed by atoms with van der Waals surface area (Å²) in [5, 5.41) is 2.73. The third-order valence-corrected chi connectivity index (χ3v) is 2.43. The standard InChI is InChI=1S/C14H20N2O2/c1-2-14(17)16-10-5-6-11-18-12-8-13-7-3-4-9-15-13/h2-4,7,9H,1,5-6,8,10-12H2,(H,16,17). The Balaban J connectivity index is 1.90. The van der Waals surface area contributed by atoms with Crippen molar-refractivity contribution in [2.45, 2.75) is 19.3 Å². The molecule has 0 aliphatic rings. The maximum absolute atomic E-state index is 10.8. The van der Waals surface area contributed by atoms with Gasteiger partial charge < -0.3 is 10.1 Å². The Morgan fingerprint density at radius 1 is 1.39 bits per heavy atom. The molecule has 0 aromatic carbocycles. The summed E-state index contributed by atoms with van der Waals surface area (Å²) in [5.41, 5.74) is 1.05. The highest BCUT2D eigenvalue weighted by Crippen LogP contribution is 1.96. The van der Waals surface area contributed by atoms with Crippen molar-refractivity contribution in [2.75, 3.05) is 19.8 Å². The highest BCUT2D eigenvalue weighted by molar-refractivity contribution is 5.86. The molecule has 18 heavy (non-hydrogen) atoms. The van der Waals surface area contributed by atoms with Crippen molar-refractivity contribution >= 4 is 5.91 Å². The van der Waals surface area contributed by atoms with Gasteiger partial charge >= 0.3 is 0 Å². The molecule has 0 fully saturated rings. The molecule has 0 bridgehead atoms. The number of aromatic nitrogens is 1. The van der Waals surface area contributed by atoms with E-state index in [1.165, 1.54) is 6.08 Å². The van der Waals surface area contributed by atoms with Crippen LogP contribution in [0.15, 0.2) is 37.1 Å². The van der Waals surface area contributed by atoms with E-state index in [1.54, 1.807) is 6.20 Å². The van der Waals surface area contributed by atoms with Gasteiger partial charge in [0.15, 0.2) is 0 Å². The second-order valence-electron chi connectivity index (χ2n) is 3.89. The zero-order chi connectivity index (χ0) is 13.1. The Morgan fingerprint density at radius 2 is 2.28 bits per heavy atom. The van der Waals surface area contributed by atoms with E-state index in [0.29, 0.717) is 13.2 Å². The van der Waals surface area contributed by atoms with Crippen LogP contribution in [0, 0.1) is 0 Å². The molecule has 4 heteroatoms. The molecule has 98 valence electrons. The minimum absolute atomic E-state index is 0.119. The molecule has 0 atom stereocenters. The molecule has 1 rings (SSSR count). The van der Waals surface area contributed by atoms with Gasteiger partial charge in [-0.1, -0.05) is 12.6 Å². The van der Waals surface area contributed by atoms with Crippen molar-refractivity contribution < 1.29 is 9.53 Å². The summed E-state index contributed by atoms with van der Waals surface area (Å²) in [4.78, 5) is 15.1. The Bertz CT molecular complexity index is 352. The monoisotopic (exact) mass is 248 g/mol. The second kappa shape index (κ2) is 9.36. The van der Waals surface area contributed by atoms with E-state index in [1.807, 2.05) is 18.2 Å². The number of pyridine rings is 1. The molecule has 1 amide bonds. The number of nitrogens with one attached hydrogen (secondary N) is 1. The summed E-state index contributed by atoms with van der Waals surface area (Å²) in [5.74, 6) is -0.119. The molecule has 1 aromatic rings. The molecule has 4 nitrogen and oxygen atoms in total. The van der Waals surface area contributed by atoms with Crippen LogP contribution in [-0.2, 0) is 16.0 Å². The van der Waals surface area contributed by atoms with E-state index in [0.717, 1.165) is 31.6 Å². The van der Waals surface area contributed by atoms with Crippen LogP contribution in [0.25, 0.3) is 0 Å². The number of carbonyl (C=O) groups excluding carboxylic acids is 1. The van der Waals surface area contributed by atoms with E-state index < -0.39 is 0 Å². The third kappa shape index (κ3) is 6.81. The smallest absolute Gasteiger partial charge is 0.243 e. The number of ether oxygens (including phenoxy) is 1. The number of unbranched alkanes of at least 4 members (excludes halogenated alkanes) is 1. The lowest BCUT2D eigenvalue weighted by molar-refractivity contribution is -0.116. The largest absolute Gasteiger partial charge is 0.381 e. The summed E-state index contributed by atoms with van der Waals surface area (Å²) in [6, 6.07) is 5.88. The van der Waals surface area contributed by atoms with Gasteiger partial charge in [-0.15, -0.1) is 0 Å². The molecular weight excluding hydrogens is 228 g/mol. The fourth-order valence-electron chi connectivity index (χ4n) is 1.44. The highest BCUT2D eigenvalue weighted by atomic mass is 16.5. The minimum Gasteiger partial charge on any atom is -0.381 e. The average Bonchev–Trinajstić information content (AvgIpc) is 2.42. The van der Waals surface area contributed by atoms with Crippen molar-refractivity contribution in [3.63, 3.8) is 0 Å². The second-order valence-corrected chi connectivity index (χ2v) is 3.89. The van der Waals surface area contributed by atoms with Gasteiger partial charge in [0.25, 0.3) is 0 Å². The molecule has 1 N–H and O–H groups in total. The van der Waals surface area contributed by atoms with Crippen LogP contribution in [0.4, 0.5) is 0 Å². The molecule has 0 spiro atoms. The van der Waals surface area contributed by atoms with E-state index in [9.17, 15) is 4.79 Å². The van der Waals surface area contributed by atoms with E-state index in [-0.39, 0.29) is 5.91 Å². The third-order valence-electron chi connectivity index (χ3n) is 2.43. The zero-order valence-electron chi connectivity index (χ0n) is 10.6. The molecule has 0 radical (unpaired) electrons. The Hall–Kier alpha value is -1.68. The number of hydrogen-bond donors (Lipinski definition) is 1. The van der Waals surface area contributed by atoms with Gasteiger partial charge in [0.2, 0.25) is 5.91 Å². The van der Waals surface area contributed by atoms with E-state index in [4.69, 9.17) is 4.74 Å². The molecule has 1 heterocycles. The number of rotatable bonds is 9. The van der Waals surface area contributed by atoms with Crippen molar-refractivity contribution in [1.29, 1.82) is 0 Å². The SMILES string of the molecule is C=CC(=O)NCCCCOCCc1ccccn1. The molecule has 0 saturated heterocycles. The lowest BCUT2D eigenvalue weighted by atomic mass is 10.3. The van der Waals surface area contributed by atoms with E-state index in [2.05, 4.69) is 16.9 Å². The van der Waals surface area contributed by atoms with Gasteiger partial charge in [-0.2, -0.15) is 0 Å². The predicted molar refractivity (Wildman–Crippen MR) is 71.2 cm³/mol. The first-order valence-corrected chi connectivity index (χ1v) is 6.21. The van der Waals surface area contributed by atoms with Gasteiger partial charge in [0, 0.05) is 31.5 Å². The maximum Gasteiger partial charge on any atom is 0.243 e. The van der Waals surface area contributed by atoms with Crippen molar-refractivity contribution in [2.24, 2.45) is 0 Å². The molecule has 1 aromatic heterocycles. The Kier molecular flexibility index (Phi) is 7.48. The predicted octanol–water partition coefficient (Wildman–Crippen LogP) is 1.72. The number of carbonyl (C=O) groups is 1. The average molecular weight is 248 g/mol. The van der Waals surface area contributed by atoms with Crippen LogP contribution in [0.1, 0.15) is 18.5 Å². The van der Waals surface area contributed by atoms with Crippen molar-refractivity contribution in [1.82, 2.24) is 10.3 Å². The van der Waals surface area contributed by atoms with Crippen LogP contribution in [0.5, 0.6) is 0 Å². The summed E-state index contributed by atoms with van der Waals surface area (Å²) in [6.45, 7) is 5.47. The first-order valence-electron chi connectivity index (χ1n) is 6.21. The zero-order valence-corrected chi connectivity index (χ0v) is 10.6. The van der Waals surface area contributed by atoms with Crippen LogP contribution in [0.2, 0.25) is 0 Å². The summed E-state index contributed by atoms with van der Waals surface area (Å²) >= 11 is 0.